The number of nitrogens with one attached hydrogen (secondary N) is 4. The Morgan fingerprint density at radius 1 is 0.325 bits per heavy atom. The fourth-order valence-electron chi connectivity index (χ4n) is 4.75. The molecular formula is C34H36N6+2. The molecule has 5 rings (SSSR count). The minimum atomic E-state index is 1.08. The van der Waals surface area contributed by atoms with Crippen molar-refractivity contribution in [2.24, 2.45) is 0 Å². The first-order chi connectivity index (χ1) is 19.6. The fraction of sp³-hybridized carbons (Fsp3) is 0.118. The molecule has 6 nitrogen and oxygen atoms in total. The Hall–Kier alpha value is -5.10. The molecule has 4 aromatic carbocycles. The van der Waals surface area contributed by atoms with Crippen LogP contribution in [0.4, 0.5) is 45.5 Å². The molecule has 0 radical (unpaired) electrons. The van der Waals surface area contributed by atoms with Gasteiger partial charge in [-0.3, -0.25) is 0 Å². The van der Waals surface area contributed by atoms with Gasteiger partial charge in [0.15, 0.2) is 0 Å². The van der Waals surface area contributed by atoms with Crippen LogP contribution in [0.2, 0.25) is 0 Å². The van der Waals surface area contributed by atoms with Crippen LogP contribution in [0.3, 0.4) is 0 Å². The average Bonchev–Trinajstić information content (AvgIpc) is 3.03. The summed E-state index contributed by atoms with van der Waals surface area (Å²) in [6, 6.07) is 34.0. The lowest BCUT2D eigenvalue weighted by atomic mass is 10.1. The molecule has 0 unspecified atom stereocenters. The van der Waals surface area contributed by atoms with E-state index in [0.717, 1.165) is 56.9 Å². The van der Waals surface area contributed by atoms with Crippen LogP contribution < -0.4 is 30.4 Å². The molecule has 0 bridgehead atoms. The van der Waals surface area contributed by atoms with E-state index in [4.69, 9.17) is 0 Å². The Labute approximate surface area is 236 Å². The normalized spacial score (nSPS) is 12.2. The lowest BCUT2D eigenvalue weighted by Gasteiger charge is -2.10. The highest BCUT2D eigenvalue weighted by Gasteiger charge is 2.24. The van der Waals surface area contributed by atoms with Gasteiger partial charge in [0.25, 0.3) is 0 Å². The number of anilines is 4. The fourth-order valence-corrected chi connectivity index (χ4v) is 4.75. The molecule has 0 saturated heterocycles. The molecule has 1 aliphatic rings. The van der Waals surface area contributed by atoms with Crippen molar-refractivity contribution < 1.29 is 0 Å². The third-order valence-corrected chi connectivity index (χ3v) is 7.02. The van der Waals surface area contributed by atoms with Crippen LogP contribution in [0.1, 0.15) is 0 Å². The Morgan fingerprint density at radius 3 is 0.700 bits per heavy atom. The molecule has 0 aliphatic heterocycles. The van der Waals surface area contributed by atoms with E-state index >= 15 is 0 Å². The van der Waals surface area contributed by atoms with Crippen molar-refractivity contribution in [3.8, 4) is 0 Å². The van der Waals surface area contributed by atoms with Crippen LogP contribution in [0.15, 0.2) is 121 Å². The molecule has 200 valence electrons. The summed E-state index contributed by atoms with van der Waals surface area (Å²) < 4.78 is 4.55. The number of nitrogens with zero attached hydrogens (tertiary/aromatic N) is 2. The quantitative estimate of drug-likeness (QED) is 0.144. The van der Waals surface area contributed by atoms with E-state index in [1.54, 1.807) is 0 Å². The monoisotopic (exact) mass is 528 g/mol. The maximum Gasteiger partial charge on any atom is 0.212 e. The SMILES string of the molecule is CNc1ccc([N+](=C2C=CC(=[N+](c3ccc(NC)cc3)c3ccc(NC)cc3)C=C2)c2ccc(NC)cc2)cc1. The summed E-state index contributed by atoms with van der Waals surface area (Å²) in [5, 5.41) is 12.9. The van der Waals surface area contributed by atoms with E-state index in [9.17, 15) is 0 Å². The summed E-state index contributed by atoms with van der Waals surface area (Å²) >= 11 is 0. The molecule has 0 aromatic heterocycles. The Balaban J connectivity index is 1.63. The van der Waals surface area contributed by atoms with Crippen molar-refractivity contribution in [3.05, 3.63) is 121 Å². The van der Waals surface area contributed by atoms with Gasteiger partial charge < -0.3 is 21.3 Å². The van der Waals surface area contributed by atoms with Crippen molar-refractivity contribution in [1.82, 2.24) is 9.15 Å². The predicted molar refractivity (Wildman–Crippen MR) is 175 cm³/mol. The smallest absolute Gasteiger partial charge is 0.212 e. The molecule has 0 amide bonds. The minimum absolute atomic E-state index is 1.08. The highest BCUT2D eigenvalue weighted by Crippen LogP contribution is 2.27. The zero-order valence-electron chi connectivity index (χ0n) is 23.4. The van der Waals surface area contributed by atoms with Crippen LogP contribution in [-0.4, -0.2) is 39.6 Å². The highest BCUT2D eigenvalue weighted by atomic mass is 15.0. The zero-order valence-corrected chi connectivity index (χ0v) is 23.4. The van der Waals surface area contributed by atoms with Crippen LogP contribution in [0, 0.1) is 0 Å². The first-order valence-electron chi connectivity index (χ1n) is 13.4. The zero-order chi connectivity index (χ0) is 27.9. The largest absolute Gasteiger partial charge is 0.388 e. The topological polar surface area (TPSA) is 54.1 Å². The third kappa shape index (κ3) is 5.66. The molecule has 0 saturated carbocycles. The molecule has 1 aliphatic carbocycles. The van der Waals surface area contributed by atoms with Gasteiger partial charge in [-0.15, -0.1) is 0 Å². The molecular weight excluding hydrogens is 492 g/mol. The molecule has 40 heavy (non-hydrogen) atoms. The highest BCUT2D eigenvalue weighted by molar-refractivity contribution is 6.20. The Kier molecular flexibility index (Phi) is 8.07. The number of rotatable bonds is 8. The minimum Gasteiger partial charge on any atom is -0.388 e. The van der Waals surface area contributed by atoms with Crippen molar-refractivity contribution >= 4 is 56.9 Å². The van der Waals surface area contributed by atoms with E-state index in [1.807, 2.05) is 28.2 Å². The first kappa shape index (κ1) is 26.5. The van der Waals surface area contributed by atoms with Gasteiger partial charge in [0.1, 0.15) is 0 Å². The number of hydrogen-bond acceptors (Lipinski definition) is 4. The molecule has 6 heteroatoms. The molecule has 0 heterocycles. The molecule has 4 aromatic rings. The summed E-state index contributed by atoms with van der Waals surface area (Å²) in [6.45, 7) is 0. The van der Waals surface area contributed by atoms with E-state index < -0.39 is 0 Å². The van der Waals surface area contributed by atoms with Gasteiger partial charge in [0, 0.05) is 124 Å². The first-order valence-corrected chi connectivity index (χ1v) is 13.4. The lowest BCUT2D eigenvalue weighted by molar-refractivity contribution is 1.08. The van der Waals surface area contributed by atoms with Gasteiger partial charge in [-0.2, -0.15) is 9.15 Å². The third-order valence-electron chi connectivity index (χ3n) is 7.02. The van der Waals surface area contributed by atoms with E-state index in [2.05, 4.69) is 152 Å². The van der Waals surface area contributed by atoms with Gasteiger partial charge >= 0.3 is 0 Å². The Bertz CT molecular complexity index is 1340. The van der Waals surface area contributed by atoms with Crippen molar-refractivity contribution in [3.63, 3.8) is 0 Å². The van der Waals surface area contributed by atoms with Gasteiger partial charge in [-0.1, -0.05) is 0 Å². The summed E-state index contributed by atoms with van der Waals surface area (Å²) in [5.74, 6) is 0. The molecule has 0 atom stereocenters. The number of hydrogen-bond donors (Lipinski definition) is 4. The summed E-state index contributed by atoms with van der Waals surface area (Å²) in [7, 11) is 7.75. The van der Waals surface area contributed by atoms with E-state index in [0.29, 0.717) is 0 Å². The summed E-state index contributed by atoms with van der Waals surface area (Å²) in [4.78, 5) is 0. The van der Waals surface area contributed by atoms with Gasteiger partial charge in [0.2, 0.25) is 34.2 Å². The summed E-state index contributed by atoms with van der Waals surface area (Å²) in [6.07, 6.45) is 8.74. The van der Waals surface area contributed by atoms with Crippen molar-refractivity contribution in [2.45, 2.75) is 0 Å². The molecule has 0 spiro atoms. The number of benzene rings is 4. The maximum absolute atomic E-state index is 3.21. The predicted octanol–water partition coefficient (Wildman–Crippen LogP) is 7.23. The average molecular weight is 529 g/mol. The van der Waals surface area contributed by atoms with Gasteiger partial charge in [0.05, 0.1) is 0 Å². The summed E-state index contributed by atoms with van der Waals surface area (Å²) in [5.41, 5.74) is 10.8. The Morgan fingerprint density at radius 2 is 0.525 bits per heavy atom. The van der Waals surface area contributed by atoms with Crippen LogP contribution >= 0.6 is 0 Å². The second-order valence-electron chi connectivity index (χ2n) is 9.37. The maximum atomic E-state index is 3.21. The molecule has 0 fully saturated rings. The van der Waals surface area contributed by atoms with Crippen molar-refractivity contribution in [1.29, 1.82) is 0 Å². The van der Waals surface area contributed by atoms with Crippen LogP contribution in [0.5, 0.6) is 0 Å². The lowest BCUT2D eigenvalue weighted by Crippen LogP contribution is -2.20. The van der Waals surface area contributed by atoms with Crippen LogP contribution in [0.25, 0.3) is 0 Å². The molecule has 4 N–H and O–H groups in total. The van der Waals surface area contributed by atoms with Gasteiger partial charge in [-0.25, -0.2) is 0 Å². The second kappa shape index (κ2) is 12.2. The standard InChI is InChI=1S/C34H35N6/c1-35-25-5-13-29(14-6-25)39(30-15-7-26(36-2)8-16-30)33-21-23-34(24-22-33)40(31-17-9-27(37-3)10-18-31)32-19-11-28(38-4)12-20-32/h5-24,35-36H,1-4H3,(H,37,38)/q+1/p+1. The van der Waals surface area contributed by atoms with Crippen LogP contribution in [-0.2, 0) is 0 Å². The van der Waals surface area contributed by atoms with Crippen molar-refractivity contribution in [2.75, 3.05) is 49.5 Å². The second-order valence-corrected chi connectivity index (χ2v) is 9.37. The van der Waals surface area contributed by atoms with Gasteiger partial charge in [-0.05, 0) is 48.5 Å². The number of allylic oxidation sites excluding steroid dienone is 4. The van der Waals surface area contributed by atoms with E-state index in [1.165, 1.54) is 0 Å². The van der Waals surface area contributed by atoms with E-state index in [-0.39, 0.29) is 0 Å².